The maximum Gasteiger partial charge on any atom is 0.180 e. The van der Waals surface area contributed by atoms with Crippen molar-refractivity contribution in [3.8, 4) is 0 Å². The van der Waals surface area contributed by atoms with Gasteiger partial charge in [0.1, 0.15) is 0 Å². The highest BCUT2D eigenvalue weighted by atomic mass is 16.5. The van der Waals surface area contributed by atoms with Crippen LogP contribution in [0.25, 0.3) is 11.2 Å². The lowest BCUT2D eigenvalue weighted by Gasteiger charge is -2.28. The summed E-state index contributed by atoms with van der Waals surface area (Å²) in [6.45, 7) is 9.16. The number of rotatable bonds is 6. The summed E-state index contributed by atoms with van der Waals surface area (Å²) in [5, 5.41) is 3.43. The van der Waals surface area contributed by atoms with Gasteiger partial charge in [-0.15, -0.1) is 0 Å². The Bertz CT molecular complexity index is 1040. The van der Waals surface area contributed by atoms with Gasteiger partial charge in [0.25, 0.3) is 0 Å². The smallest absolute Gasteiger partial charge is 0.180 e. The molecule has 3 heterocycles. The summed E-state index contributed by atoms with van der Waals surface area (Å²) in [6, 6.07) is 8.41. The SMILES string of the molecule is C=C/C=C\C(=C/C)c1cn2ccnc2c(Nc2ccc(N3CCOCC3)cc2)n1. The molecule has 1 saturated heterocycles. The van der Waals surface area contributed by atoms with Crippen molar-refractivity contribution in [2.75, 3.05) is 36.5 Å². The first kappa shape index (κ1) is 19.0. The average Bonchev–Trinajstić information content (AvgIpc) is 3.25. The molecule has 6 nitrogen and oxygen atoms in total. The third-order valence-electron chi connectivity index (χ3n) is 4.90. The number of ether oxygens (including phenoxy) is 1. The summed E-state index contributed by atoms with van der Waals surface area (Å²) >= 11 is 0. The van der Waals surface area contributed by atoms with Gasteiger partial charge >= 0.3 is 0 Å². The molecule has 3 aromatic rings. The molecule has 0 unspecified atom stereocenters. The summed E-state index contributed by atoms with van der Waals surface area (Å²) in [5.74, 6) is 0.720. The van der Waals surface area contributed by atoms with Gasteiger partial charge in [-0.3, -0.25) is 0 Å². The van der Waals surface area contributed by atoms with E-state index in [4.69, 9.17) is 9.72 Å². The van der Waals surface area contributed by atoms with Gasteiger partial charge in [0, 0.05) is 43.1 Å². The lowest BCUT2D eigenvalue weighted by Crippen LogP contribution is -2.36. The second-order valence-electron chi connectivity index (χ2n) is 6.74. The van der Waals surface area contributed by atoms with Crippen LogP contribution in [0.15, 0.2) is 73.7 Å². The molecule has 4 rings (SSSR count). The van der Waals surface area contributed by atoms with Crippen LogP contribution in [0.3, 0.4) is 0 Å². The number of nitrogens with one attached hydrogen (secondary N) is 1. The molecular formula is C23H25N5O. The molecule has 0 atom stereocenters. The third-order valence-corrected chi connectivity index (χ3v) is 4.90. The monoisotopic (exact) mass is 387 g/mol. The van der Waals surface area contributed by atoms with Crippen molar-refractivity contribution in [2.45, 2.75) is 6.92 Å². The van der Waals surface area contributed by atoms with E-state index in [1.54, 1.807) is 12.3 Å². The van der Waals surface area contributed by atoms with Gasteiger partial charge in [0.2, 0.25) is 0 Å². The Labute approximate surface area is 170 Å². The van der Waals surface area contributed by atoms with Crippen LogP contribution in [0.2, 0.25) is 0 Å². The number of hydrogen-bond donors (Lipinski definition) is 1. The fourth-order valence-electron chi connectivity index (χ4n) is 3.37. The van der Waals surface area contributed by atoms with Crippen LogP contribution in [-0.4, -0.2) is 40.7 Å². The molecule has 0 spiro atoms. The maximum absolute atomic E-state index is 5.44. The molecule has 0 amide bonds. The summed E-state index contributed by atoms with van der Waals surface area (Å²) in [5.41, 5.74) is 4.85. The molecule has 1 N–H and O–H groups in total. The molecule has 0 radical (unpaired) electrons. The van der Waals surface area contributed by atoms with Crippen molar-refractivity contribution in [2.24, 2.45) is 0 Å². The number of fused-ring (bicyclic) bond motifs is 1. The van der Waals surface area contributed by atoms with Gasteiger partial charge < -0.3 is 19.4 Å². The van der Waals surface area contributed by atoms with E-state index in [-0.39, 0.29) is 0 Å². The van der Waals surface area contributed by atoms with Crippen LogP contribution in [0.4, 0.5) is 17.2 Å². The highest BCUT2D eigenvalue weighted by Gasteiger charge is 2.12. The first-order chi connectivity index (χ1) is 14.3. The van der Waals surface area contributed by atoms with E-state index in [1.807, 2.05) is 41.9 Å². The lowest BCUT2D eigenvalue weighted by atomic mass is 10.1. The van der Waals surface area contributed by atoms with E-state index in [2.05, 4.69) is 46.0 Å². The van der Waals surface area contributed by atoms with Crippen molar-refractivity contribution in [1.82, 2.24) is 14.4 Å². The Kier molecular flexibility index (Phi) is 5.72. The zero-order valence-corrected chi connectivity index (χ0v) is 16.6. The summed E-state index contributed by atoms with van der Waals surface area (Å²) in [6.07, 6.45) is 13.4. The Hall–Kier alpha value is -3.38. The highest BCUT2D eigenvalue weighted by molar-refractivity contribution is 5.77. The predicted molar refractivity (Wildman–Crippen MR) is 119 cm³/mol. The third kappa shape index (κ3) is 4.22. The number of morpholine rings is 1. The zero-order chi connectivity index (χ0) is 20.1. The van der Waals surface area contributed by atoms with Crippen molar-refractivity contribution in [3.63, 3.8) is 0 Å². The first-order valence-corrected chi connectivity index (χ1v) is 9.78. The molecule has 0 saturated carbocycles. The summed E-state index contributed by atoms with van der Waals surface area (Å²) in [7, 11) is 0. The average molecular weight is 387 g/mol. The van der Waals surface area contributed by atoms with E-state index in [1.165, 1.54) is 5.69 Å². The van der Waals surface area contributed by atoms with Crippen molar-refractivity contribution < 1.29 is 4.74 Å². The summed E-state index contributed by atoms with van der Waals surface area (Å²) < 4.78 is 7.42. The van der Waals surface area contributed by atoms with Crippen LogP contribution < -0.4 is 10.2 Å². The maximum atomic E-state index is 5.44. The van der Waals surface area contributed by atoms with E-state index in [0.717, 1.165) is 54.7 Å². The van der Waals surface area contributed by atoms with Crippen molar-refractivity contribution in [3.05, 3.63) is 79.4 Å². The summed E-state index contributed by atoms with van der Waals surface area (Å²) in [4.78, 5) is 11.6. The predicted octanol–water partition coefficient (Wildman–Crippen LogP) is 4.46. The van der Waals surface area contributed by atoms with Gasteiger partial charge in [-0.05, 0) is 36.8 Å². The van der Waals surface area contributed by atoms with Gasteiger partial charge in [-0.25, -0.2) is 9.97 Å². The number of benzene rings is 1. The van der Waals surface area contributed by atoms with Gasteiger partial charge in [-0.2, -0.15) is 0 Å². The van der Waals surface area contributed by atoms with Gasteiger partial charge in [0.05, 0.1) is 18.9 Å². The van der Waals surface area contributed by atoms with Crippen LogP contribution in [0.1, 0.15) is 12.6 Å². The molecule has 0 bridgehead atoms. The molecule has 1 aliphatic rings. The largest absolute Gasteiger partial charge is 0.378 e. The number of nitrogens with zero attached hydrogens (tertiary/aromatic N) is 4. The number of anilines is 3. The minimum Gasteiger partial charge on any atom is -0.378 e. The molecule has 0 aliphatic carbocycles. The molecule has 2 aromatic heterocycles. The normalized spacial score (nSPS) is 15.2. The van der Waals surface area contributed by atoms with Crippen LogP contribution in [0.5, 0.6) is 0 Å². The molecule has 148 valence electrons. The second kappa shape index (κ2) is 8.75. The fourth-order valence-corrected chi connectivity index (χ4v) is 3.37. The first-order valence-electron chi connectivity index (χ1n) is 9.78. The van der Waals surface area contributed by atoms with Crippen molar-refractivity contribution >= 4 is 28.4 Å². The van der Waals surface area contributed by atoms with Crippen molar-refractivity contribution in [1.29, 1.82) is 0 Å². The highest BCUT2D eigenvalue weighted by Crippen LogP contribution is 2.25. The number of imidazole rings is 1. The number of aromatic nitrogens is 3. The number of hydrogen-bond acceptors (Lipinski definition) is 5. The topological polar surface area (TPSA) is 54.7 Å². The quantitative estimate of drug-likeness (QED) is 0.633. The standard InChI is InChI=1S/C23H25N5O/c1-3-5-6-18(4-2)21-17-28-12-11-24-23(28)22(26-21)25-19-7-9-20(10-8-19)27-13-15-29-16-14-27/h3-12,17H,1,13-16H2,2H3,(H,25,26)/b6-5-,18-4+. The van der Waals surface area contributed by atoms with E-state index in [0.29, 0.717) is 0 Å². The molecule has 1 aliphatic heterocycles. The van der Waals surface area contributed by atoms with Crippen LogP contribution in [0, 0.1) is 0 Å². The molecule has 6 heteroatoms. The van der Waals surface area contributed by atoms with Gasteiger partial charge in [-0.1, -0.05) is 30.9 Å². The van der Waals surface area contributed by atoms with E-state index >= 15 is 0 Å². The number of allylic oxidation sites excluding steroid dienone is 5. The van der Waals surface area contributed by atoms with Crippen LogP contribution in [-0.2, 0) is 4.74 Å². The van der Waals surface area contributed by atoms with Crippen LogP contribution >= 0.6 is 0 Å². The second-order valence-corrected chi connectivity index (χ2v) is 6.74. The van der Waals surface area contributed by atoms with E-state index < -0.39 is 0 Å². The Morgan fingerprint density at radius 3 is 2.72 bits per heavy atom. The fraction of sp³-hybridized carbons (Fsp3) is 0.217. The lowest BCUT2D eigenvalue weighted by molar-refractivity contribution is 0.122. The van der Waals surface area contributed by atoms with E-state index in [9.17, 15) is 0 Å². The molecule has 29 heavy (non-hydrogen) atoms. The minimum atomic E-state index is 0.720. The Morgan fingerprint density at radius 1 is 1.21 bits per heavy atom. The van der Waals surface area contributed by atoms with Gasteiger partial charge in [0.15, 0.2) is 11.5 Å². The minimum absolute atomic E-state index is 0.720. The molecule has 1 aromatic carbocycles. The molecular weight excluding hydrogens is 362 g/mol. The molecule has 1 fully saturated rings. The Morgan fingerprint density at radius 2 is 2.00 bits per heavy atom. The Balaban J connectivity index is 1.62. The zero-order valence-electron chi connectivity index (χ0n) is 16.6.